The Labute approximate surface area is 106 Å². The smallest absolute Gasteiger partial charge is 0.272 e. The van der Waals surface area contributed by atoms with Gasteiger partial charge in [-0.15, -0.1) is 0 Å². The molecule has 0 atom stereocenters. The summed E-state index contributed by atoms with van der Waals surface area (Å²) < 4.78 is 5.17. The maximum absolute atomic E-state index is 10.8. The number of nitro groups is 1. The van der Waals surface area contributed by atoms with E-state index >= 15 is 0 Å². The molecule has 1 aliphatic rings. The number of nitro benzene ring substituents is 1. The summed E-state index contributed by atoms with van der Waals surface area (Å²) in [5.41, 5.74) is 1.23. The summed E-state index contributed by atoms with van der Waals surface area (Å²) in [5.74, 6) is 0. The molecule has 18 heavy (non-hydrogen) atoms. The van der Waals surface area contributed by atoms with Gasteiger partial charge in [0, 0.05) is 23.6 Å². The van der Waals surface area contributed by atoms with Crippen LogP contribution in [0.5, 0.6) is 0 Å². The lowest BCUT2D eigenvalue weighted by Gasteiger charge is -2.38. The van der Waals surface area contributed by atoms with Gasteiger partial charge in [-0.3, -0.25) is 10.1 Å². The van der Waals surface area contributed by atoms with Gasteiger partial charge in [0.2, 0.25) is 0 Å². The molecule has 0 radical (unpaired) electrons. The van der Waals surface area contributed by atoms with Crippen molar-refractivity contribution in [2.75, 3.05) is 26.3 Å². The van der Waals surface area contributed by atoms with Crippen LogP contribution in [0.1, 0.15) is 12.5 Å². The normalized spacial score (nSPS) is 17.2. The van der Waals surface area contributed by atoms with Gasteiger partial charge >= 0.3 is 0 Å². The molecule has 1 heterocycles. The first kappa shape index (κ1) is 13.0. The van der Waals surface area contributed by atoms with Crippen molar-refractivity contribution >= 4 is 5.69 Å². The van der Waals surface area contributed by atoms with Gasteiger partial charge in [0.05, 0.1) is 18.1 Å². The molecule has 98 valence electrons. The second-order valence-corrected chi connectivity index (χ2v) is 5.12. The van der Waals surface area contributed by atoms with Gasteiger partial charge in [0.1, 0.15) is 0 Å². The Hall–Kier alpha value is -1.46. The number of rotatable bonds is 6. The Bertz CT molecular complexity index is 430. The van der Waals surface area contributed by atoms with Crippen molar-refractivity contribution in [3.8, 4) is 0 Å². The minimum absolute atomic E-state index is 0.206. The van der Waals surface area contributed by atoms with Crippen molar-refractivity contribution in [1.82, 2.24) is 5.32 Å². The van der Waals surface area contributed by atoms with E-state index in [-0.39, 0.29) is 16.0 Å². The van der Waals surface area contributed by atoms with Crippen LogP contribution in [0.4, 0.5) is 5.69 Å². The average molecular weight is 250 g/mol. The average Bonchev–Trinajstić information content (AvgIpc) is 2.33. The zero-order chi connectivity index (χ0) is 13.0. The fraction of sp³-hybridized carbons (Fsp3) is 0.538. The van der Waals surface area contributed by atoms with Crippen LogP contribution in [0.2, 0.25) is 0 Å². The fourth-order valence-corrected chi connectivity index (χ4v) is 2.07. The number of ether oxygens (including phenoxy) is 1. The van der Waals surface area contributed by atoms with Crippen molar-refractivity contribution < 1.29 is 9.66 Å². The van der Waals surface area contributed by atoms with Crippen LogP contribution in [0.25, 0.3) is 0 Å². The van der Waals surface area contributed by atoms with E-state index in [0.29, 0.717) is 6.42 Å². The van der Waals surface area contributed by atoms with Gasteiger partial charge in [-0.2, -0.15) is 0 Å². The van der Waals surface area contributed by atoms with E-state index < -0.39 is 0 Å². The number of para-hydroxylation sites is 1. The van der Waals surface area contributed by atoms with Crippen molar-refractivity contribution in [3.05, 3.63) is 39.9 Å². The van der Waals surface area contributed by atoms with Gasteiger partial charge in [-0.25, -0.2) is 0 Å². The molecule has 0 spiro atoms. The van der Waals surface area contributed by atoms with Crippen LogP contribution in [0.15, 0.2) is 24.3 Å². The van der Waals surface area contributed by atoms with E-state index in [1.54, 1.807) is 12.1 Å². The number of nitrogens with one attached hydrogen (secondary N) is 1. The molecule has 0 bridgehead atoms. The maximum Gasteiger partial charge on any atom is 0.272 e. The van der Waals surface area contributed by atoms with Crippen LogP contribution < -0.4 is 5.32 Å². The molecule has 1 aromatic rings. The fourth-order valence-electron chi connectivity index (χ4n) is 2.07. The van der Waals surface area contributed by atoms with Crippen LogP contribution in [0.3, 0.4) is 0 Å². The van der Waals surface area contributed by atoms with Crippen molar-refractivity contribution in [2.24, 2.45) is 5.41 Å². The lowest BCUT2D eigenvalue weighted by Crippen LogP contribution is -2.47. The zero-order valence-corrected chi connectivity index (χ0v) is 10.5. The lowest BCUT2D eigenvalue weighted by molar-refractivity contribution is -0.385. The predicted octanol–water partition coefficient (Wildman–Crippen LogP) is 1.76. The Kier molecular flexibility index (Phi) is 3.93. The van der Waals surface area contributed by atoms with Crippen LogP contribution in [0, 0.1) is 15.5 Å². The van der Waals surface area contributed by atoms with E-state index in [1.807, 2.05) is 12.1 Å². The summed E-state index contributed by atoms with van der Waals surface area (Å²) in [6.07, 6.45) is 0.675. The summed E-state index contributed by atoms with van der Waals surface area (Å²) in [6, 6.07) is 6.90. The van der Waals surface area contributed by atoms with Crippen molar-refractivity contribution in [1.29, 1.82) is 0 Å². The van der Waals surface area contributed by atoms with E-state index in [4.69, 9.17) is 4.74 Å². The molecule has 1 N–H and O–H groups in total. The summed E-state index contributed by atoms with van der Waals surface area (Å²) in [4.78, 5) is 10.5. The summed E-state index contributed by atoms with van der Waals surface area (Å²) in [5, 5.41) is 14.2. The Balaban J connectivity index is 1.81. The molecule has 2 rings (SSSR count). The molecule has 1 aliphatic heterocycles. The maximum atomic E-state index is 10.8. The highest BCUT2D eigenvalue weighted by Crippen LogP contribution is 2.25. The monoisotopic (exact) mass is 250 g/mol. The van der Waals surface area contributed by atoms with Gasteiger partial charge in [0.25, 0.3) is 5.69 Å². The molecule has 1 aromatic carbocycles. The third-order valence-corrected chi connectivity index (χ3v) is 3.21. The molecule has 1 saturated heterocycles. The highest BCUT2D eigenvalue weighted by Gasteiger charge is 2.32. The number of hydrogen-bond acceptors (Lipinski definition) is 4. The number of nitrogens with zero attached hydrogens (tertiary/aromatic N) is 1. The van der Waals surface area contributed by atoms with Crippen LogP contribution >= 0.6 is 0 Å². The molecule has 0 aliphatic carbocycles. The van der Waals surface area contributed by atoms with Gasteiger partial charge in [0.15, 0.2) is 0 Å². The van der Waals surface area contributed by atoms with E-state index in [9.17, 15) is 10.1 Å². The molecule has 0 aromatic heterocycles. The molecule has 0 amide bonds. The highest BCUT2D eigenvalue weighted by molar-refractivity contribution is 5.39. The van der Waals surface area contributed by atoms with Crippen molar-refractivity contribution in [3.63, 3.8) is 0 Å². The highest BCUT2D eigenvalue weighted by atomic mass is 16.6. The number of hydrogen-bond donors (Lipinski definition) is 1. The molecular formula is C13H18N2O3. The third kappa shape index (κ3) is 3.05. The second kappa shape index (κ2) is 5.46. The van der Waals surface area contributed by atoms with Crippen LogP contribution in [-0.2, 0) is 11.2 Å². The largest absolute Gasteiger partial charge is 0.380 e. The lowest BCUT2D eigenvalue weighted by atomic mass is 9.89. The second-order valence-electron chi connectivity index (χ2n) is 5.12. The van der Waals surface area contributed by atoms with Gasteiger partial charge in [-0.05, 0) is 13.0 Å². The topological polar surface area (TPSA) is 64.4 Å². The molecule has 0 saturated carbocycles. The Morgan fingerprint density at radius 3 is 2.78 bits per heavy atom. The SMILES string of the molecule is CC1(CNCCc2ccccc2[N+](=O)[O-])COC1. The summed E-state index contributed by atoms with van der Waals surface area (Å²) >= 11 is 0. The molecule has 1 fully saturated rings. The predicted molar refractivity (Wildman–Crippen MR) is 68.6 cm³/mol. The number of benzene rings is 1. The Morgan fingerprint density at radius 1 is 1.44 bits per heavy atom. The summed E-state index contributed by atoms with van der Waals surface area (Å²) in [6.45, 7) is 5.42. The molecular weight excluding hydrogens is 232 g/mol. The minimum atomic E-state index is -0.323. The molecule has 0 unspecified atom stereocenters. The van der Waals surface area contributed by atoms with Gasteiger partial charge in [-0.1, -0.05) is 25.1 Å². The van der Waals surface area contributed by atoms with E-state index in [1.165, 1.54) is 0 Å². The third-order valence-electron chi connectivity index (χ3n) is 3.21. The van der Waals surface area contributed by atoms with E-state index in [0.717, 1.165) is 31.9 Å². The van der Waals surface area contributed by atoms with Crippen LogP contribution in [-0.4, -0.2) is 31.2 Å². The standard InChI is InChI=1S/C13H18N2O3/c1-13(9-18-10-13)8-14-7-6-11-4-2-3-5-12(11)15(16)17/h2-5,14H,6-10H2,1H3. The van der Waals surface area contributed by atoms with Gasteiger partial charge < -0.3 is 10.1 Å². The Morgan fingerprint density at radius 2 is 2.17 bits per heavy atom. The van der Waals surface area contributed by atoms with E-state index in [2.05, 4.69) is 12.2 Å². The quantitative estimate of drug-likeness (QED) is 0.474. The first-order valence-corrected chi connectivity index (χ1v) is 6.11. The minimum Gasteiger partial charge on any atom is -0.380 e. The first-order chi connectivity index (χ1) is 8.61. The first-order valence-electron chi connectivity index (χ1n) is 6.11. The molecule has 5 nitrogen and oxygen atoms in total. The zero-order valence-electron chi connectivity index (χ0n) is 10.5. The molecule has 5 heteroatoms. The van der Waals surface area contributed by atoms with Crippen molar-refractivity contribution in [2.45, 2.75) is 13.3 Å². The summed E-state index contributed by atoms with van der Waals surface area (Å²) in [7, 11) is 0.